The molecule has 1 aliphatic heterocycles. The summed E-state index contributed by atoms with van der Waals surface area (Å²) in [6.07, 6.45) is 0. The highest BCUT2D eigenvalue weighted by atomic mass is 19.3. The van der Waals surface area contributed by atoms with E-state index in [1.54, 1.807) is 31.3 Å². The van der Waals surface area contributed by atoms with Crippen molar-refractivity contribution in [2.24, 2.45) is 7.05 Å². The lowest BCUT2D eigenvalue weighted by Gasteiger charge is -2.47. The first-order chi connectivity index (χ1) is 17.2. The molecule has 36 heavy (non-hydrogen) atoms. The molecule has 3 atom stereocenters. The van der Waals surface area contributed by atoms with Gasteiger partial charge in [-0.1, -0.05) is 18.7 Å². The van der Waals surface area contributed by atoms with Crippen molar-refractivity contribution >= 4 is 22.5 Å². The third kappa shape index (κ3) is 4.48. The predicted molar refractivity (Wildman–Crippen MR) is 132 cm³/mol. The molecule has 0 bridgehead atoms. The van der Waals surface area contributed by atoms with Gasteiger partial charge in [0.05, 0.1) is 5.52 Å². The van der Waals surface area contributed by atoms with E-state index >= 15 is 0 Å². The standard InChI is InChI=1S/C26H26F2N6O2/c1-15-14-34(16(2)13-33(15)17(3)18-6-8-19(9-7-18)36-26(27)28)24-20(12-29)25(35)32(5)21-10-11-22(30-4)31-23(21)24/h6-11,15-17,26H,13-14H2,1-3,5H3/t15-,16+,17?/m1/s1. The number of ether oxygens (including phenoxy) is 1. The van der Waals surface area contributed by atoms with Gasteiger partial charge in [-0.2, -0.15) is 14.0 Å². The lowest BCUT2D eigenvalue weighted by atomic mass is 9.99. The molecule has 186 valence electrons. The van der Waals surface area contributed by atoms with E-state index in [9.17, 15) is 18.8 Å². The molecule has 3 heterocycles. The molecule has 10 heteroatoms. The highest BCUT2D eigenvalue weighted by Crippen LogP contribution is 2.35. The molecule has 1 aromatic carbocycles. The summed E-state index contributed by atoms with van der Waals surface area (Å²) in [5, 5.41) is 9.91. The Morgan fingerprint density at radius 1 is 1.17 bits per heavy atom. The van der Waals surface area contributed by atoms with Crippen LogP contribution in [-0.4, -0.2) is 46.2 Å². The minimum atomic E-state index is -2.87. The summed E-state index contributed by atoms with van der Waals surface area (Å²) < 4.78 is 30.8. The Kier molecular flexibility index (Phi) is 6.91. The fourth-order valence-corrected chi connectivity index (χ4v) is 4.95. The van der Waals surface area contributed by atoms with Crippen LogP contribution in [0.25, 0.3) is 15.9 Å². The summed E-state index contributed by atoms with van der Waals surface area (Å²) in [4.78, 5) is 25.3. The number of pyridine rings is 2. The Morgan fingerprint density at radius 3 is 2.47 bits per heavy atom. The van der Waals surface area contributed by atoms with Gasteiger partial charge in [0.15, 0.2) is 0 Å². The van der Waals surface area contributed by atoms with E-state index in [1.807, 2.05) is 11.8 Å². The summed E-state index contributed by atoms with van der Waals surface area (Å²) in [5.74, 6) is 0.304. The number of hydrogen-bond acceptors (Lipinski definition) is 6. The summed E-state index contributed by atoms with van der Waals surface area (Å²) in [5.41, 5.74) is 2.04. The van der Waals surface area contributed by atoms with E-state index in [2.05, 4.69) is 39.4 Å². The Hall–Kier alpha value is -4.02. The number of aryl methyl sites for hydroxylation is 1. The van der Waals surface area contributed by atoms with Crippen molar-refractivity contribution < 1.29 is 13.5 Å². The molecule has 0 spiro atoms. The van der Waals surface area contributed by atoms with Gasteiger partial charge in [0.25, 0.3) is 11.4 Å². The zero-order valence-electron chi connectivity index (χ0n) is 20.4. The highest BCUT2D eigenvalue weighted by molar-refractivity contribution is 5.93. The van der Waals surface area contributed by atoms with Crippen molar-refractivity contribution in [3.8, 4) is 11.8 Å². The number of rotatable bonds is 5. The molecule has 0 aliphatic carbocycles. The van der Waals surface area contributed by atoms with Crippen LogP contribution in [0.2, 0.25) is 0 Å². The SMILES string of the molecule is [C-]#[N+]c1ccc2c(n1)c(N1C[C@@H](C)N(C(C)c3ccc(OC(F)F)cc3)C[C@@H]1C)c(C#N)c(=O)n2C. The molecule has 8 nitrogen and oxygen atoms in total. The maximum absolute atomic E-state index is 13.0. The van der Waals surface area contributed by atoms with Gasteiger partial charge in [0.2, 0.25) is 5.52 Å². The number of aromatic nitrogens is 2. The number of halogens is 2. The molecular weight excluding hydrogens is 466 g/mol. The van der Waals surface area contributed by atoms with E-state index in [0.29, 0.717) is 29.8 Å². The maximum atomic E-state index is 13.0. The molecule has 0 saturated carbocycles. The van der Waals surface area contributed by atoms with E-state index in [-0.39, 0.29) is 35.3 Å². The minimum Gasteiger partial charge on any atom is -0.435 e. The van der Waals surface area contributed by atoms with Crippen molar-refractivity contribution in [2.75, 3.05) is 18.0 Å². The summed E-state index contributed by atoms with van der Waals surface area (Å²) >= 11 is 0. The number of piperazine rings is 1. The first-order valence-electron chi connectivity index (χ1n) is 11.5. The fourth-order valence-electron chi connectivity index (χ4n) is 4.95. The molecule has 0 radical (unpaired) electrons. The Bertz CT molecular complexity index is 1420. The molecule has 4 rings (SSSR count). The van der Waals surface area contributed by atoms with Crippen molar-refractivity contribution in [3.63, 3.8) is 0 Å². The van der Waals surface area contributed by atoms with Crippen LogP contribution in [-0.2, 0) is 7.05 Å². The molecule has 1 fully saturated rings. The van der Waals surface area contributed by atoms with Crippen LogP contribution < -0.4 is 15.2 Å². The van der Waals surface area contributed by atoms with E-state index < -0.39 is 12.2 Å². The number of fused-ring (bicyclic) bond motifs is 1. The van der Waals surface area contributed by atoms with Gasteiger partial charge in [-0.25, -0.2) is 0 Å². The number of alkyl halides is 2. The smallest absolute Gasteiger partial charge is 0.387 e. The largest absolute Gasteiger partial charge is 0.435 e. The monoisotopic (exact) mass is 492 g/mol. The third-order valence-electron chi connectivity index (χ3n) is 6.83. The summed E-state index contributed by atoms with van der Waals surface area (Å²) in [6.45, 7) is 11.8. The van der Waals surface area contributed by atoms with Gasteiger partial charge in [0, 0.05) is 38.3 Å². The Morgan fingerprint density at radius 2 is 1.86 bits per heavy atom. The zero-order chi connectivity index (χ0) is 26.1. The lowest BCUT2D eigenvalue weighted by Crippen LogP contribution is -2.57. The third-order valence-corrected chi connectivity index (χ3v) is 6.83. The molecule has 0 amide bonds. The van der Waals surface area contributed by atoms with E-state index in [4.69, 9.17) is 6.57 Å². The van der Waals surface area contributed by atoms with Crippen LogP contribution in [0.3, 0.4) is 0 Å². The number of anilines is 1. The quantitative estimate of drug-likeness (QED) is 0.484. The summed E-state index contributed by atoms with van der Waals surface area (Å²) in [6, 6.07) is 11.9. The minimum absolute atomic E-state index is 0.00661. The normalized spacial score (nSPS) is 19.2. The van der Waals surface area contributed by atoms with Crippen LogP contribution in [0.15, 0.2) is 41.2 Å². The molecule has 0 N–H and O–H groups in total. The van der Waals surface area contributed by atoms with Crippen LogP contribution in [0.1, 0.15) is 37.9 Å². The number of benzene rings is 1. The predicted octanol–water partition coefficient (Wildman–Crippen LogP) is 4.62. The van der Waals surface area contributed by atoms with Crippen LogP contribution in [0.5, 0.6) is 5.75 Å². The van der Waals surface area contributed by atoms with Crippen molar-refractivity contribution in [1.82, 2.24) is 14.5 Å². The van der Waals surface area contributed by atoms with Gasteiger partial charge in [-0.3, -0.25) is 9.69 Å². The fraction of sp³-hybridized carbons (Fsp3) is 0.385. The van der Waals surface area contributed by atoms with Gasteiger partial charge in [-0.15, -0.1) is 4.98 Å². The lowest BCUT2D eigenvalue weighted by molar-refractivity contribution is -0.0498. The number of hydrogen-bond donors (Lipinski definition) is 0. The molecule has 1 unspecified atom stereocenters. The first-order valence-corrected chi connectivity index (χ1v) is 11.5. The number of nitrogens with zero attached hydrogens (tertiary/aromatic N) is 6. The maximum Gasteiger partial charge on any atom is 0.387 e. The average molecular weight is 493 g/mol. The van der Waals surface area contributed by atoms with E-state index in [0.717, 1.165) is 5.56 Å². The molecule has 3 aromatic rings. The molecular formula is C26H26F2N6O2. The van der Waals surface area contributed by atoms with Gasteiger partial charge < -0.3 is 19.0 Å². The average Bonchev–Trinajstić information content (AvgIpc) is 2.86. The second-order valence-electron chi connectivity index (χ2n) is 9.02. The second kappa shape index (κ2) is 9.92. The van der Waals surface area contributed by atoms with E-state index in [1.165, 1.54) is 16.7 Å². The van der Waals surface area contributed by atoms with Gasteiger partial charge >= 0.3 is 6.61 Å². The van der Waals surface area contributed by atoms with Gasteiger partial charge in [0.1, 0.15) is 23.1 Å². The highest BCUT2D eigenvalue weighted by Gasteiger charge is 2.36. The second-order valence-corrected chi connectivity index (χ2v) is 9.02. The van der Waals surface area contributed by atoms with Crippen molar-refractivity contribution in [3.05, 3.63) is 69.3 Å². The number of nitriles is 1. The topological polar surface area (TPSA) is 78.8 Å². The van der Waals surface area contributed by atoms with Crippen molar-refractivity contribution in [1.29, 1.82) is 5.26 Å². The summed E-state index contributed by atoms with van der Waals surface area (Å²) in [7, 11) is 1.60. The van der Waals surface area contributed by atoms with Crippen LogP contribution in [0.4, 0.5) is 20.3 Å². The van der Waals surface area contributed by atoms with Gasteiger partial charge in [-0.05, 0) is 50.6 Å². The first kappa shape index (κ1) is 25.1. The van der Waals surface area contributed by atoms with Crippen LogP contribution in [0, 0.1) is 17.9 Å². The van der Waals surface area contributed by atoms with Crippen LogP contribution >= 0.6 is 0 Å². The van der Waals surface area contributed by atoms with Crippen molar-refractivity contribution in [2.45, 2.75) is 45.5 Å². The Labute approximate surface area is 207 Å². The molecule has 2 aromatic heterocycles. The zero-order valence-corrected chi connectivity index (χ0v) is 20.4. The molecule has 1 saturated heterocycles. The Balaban J connectivity index is 1.69. The molecule has 1 aliphatic rings.